The number of methoxy groups -OCH3 is 1. The molecule has 0 unspecified atom stereocenters. The average molecular weight is 317 g/mol. The van der Waals surface area contributed by atoms with Crippen LogP contribution in [-0.4, -0.2) is 21.4 Å². The van der Waals surface area contributed by atoms with Gasteiger partial charge in [0.05, 0.1) is 24.4 Å². The predicted octanol–water partition coefficient (Wildman–Crippen LogP) is 3.82. The van der Waals surface area contributed by atoms with Crippen molar-refractivity contribution in [2.45, 2.75) is 6.54 Å². The van der Waals surface area contributed by atoms with Gasteiger partial charge in [-0.15, -0.1) is 0 Å². The van der Waals surface area contributed by atoms with Gasteiger partial charge in [0.15, 0.2) is 0 Å². The summed E-state index contributed by atoms with van der Waals surface area (Å²) in [6.07, 6.45) is 3.79. The molecule has 2 heterocycles. The Hall–Kier alpha value is -3.39. The Morgan fingerprint density at radius 3 is 2.75 bits per heavy atom. The van der Waals surface area contributed by atoms with Gasteiger partial charge < -0.3 is 14.4 Å². The van der Waals surface area contributed by atoms with Crippen LogP contribution >= 0.6 is 0 Å². The molecule has 0 radical (unpaired) electrons. The monoisotopic (exact) mass is 317 g/mol. The largest absolute Gasteiger partial charge is 0.497 e. The number of aromatic hydroxyl groups is 1. The Morgan fingerprint density at radius 1 is 1.12 bits per heavy atom. The first kappa shape index (κ1) is 14.2. The highest BCUT2D eigenvalue weighted by atomic mass is 16.5. The Bertz CT molecular complexity index is 1100. The first-order chi connectivity index (χ1) is 11.7. The van der Waals surface area contributed by atoms with E-state index in [0.29, 0.717) is 12.3 Å². The van der Waals surface area contributed by atoms with Gasteiger partial charge in [-0.25, -0.2) is 0 Å². The van der Waals surface area contributed by atoms with Crippen molar-refractivity contribution in [3.63, 3.8) is 0 Å². The van der Waals surface area contributed by atoms with Crippen molar-refractivity contribution in [3.05, 3.63) is 54.9 Å². The molecular weight excluding hydrogens is 302 g/mol. The van der Waals surface area contributed by atoms with Crippen molar-refractivity contribution in [1.82, 2.24) is 9.13 Å². The zero-order chi connectivity index (χ0) is 16.7. The molecule has 5 nitrogen and oxygen atoms in total. The van der Waals surface area contributed by atoms with Crippen LogP contribution in [0.3, 0.4) is 0 Å². The van der Waals surface area contributed by atoms with Crippen LogP contribution in [0.15, 0.2) is 54.9 Å². The lowest BCUT2D eigenvalue weighted by Gasteiger charge is -2.07. The predicted molar refractivity (Wildman–Crippen MR) is 92.6 cm³/mol. The van der Waals surface area contributed by atoms with Crippen molar-refractivity contribution in [2.24, 2.45) is 0 Å². The van der Waals surface area contributed by atoms with Crippen LogP contribution in [0.1, 0.15) is 0 Å². The van der Waals surface area contributed by atoms with E-state index in [-0.39, 0.29) is 5.88 Å². The zero-order valence-electron chi connectivity index (χ0n) is 13.1. The summed E-state index contributed by atoms with van der Waals surface area (Å²) in [6, 6.07) is 15.7. The first-order valence-corrected chi connectivity index (χ1v) is 7.55. The molecular formula is C19H15N3O2. The van der Waals surface area contributed by atoms with Crippen LogP contribution in [0.4, 0.5) is 0 Å². The van der Waals surface area contributed by atoms with E-state index in [1.165, 1.54) is 0 Å². The lowest BCUT2D eigenvalue weighted by Crippen LogP contribution is -1.95. The second-order valence-electron chi connectivity index (χ2n) is 5.62. The third-order valence-electron chi connectivity index (χ3n) is 4.27. The number of fused-ring (bicyclic) bond motifs is 2. The van der Waals surface area contributed by atoms with Gasteiger partial charge in [-0.05, 0) is 41.8 Å². The van der Waals surface area contributed by atoms with E-state index >= 15 is 0 Å². The number of hydrogen-bond acceptors (Lipinski definition) is 3. The molecule has 2 aromatic heterocycles. The number of rotatable bonds is 3. The maximum Gasteiger partial charge on any atom is 0.203 e. The van der Waals surface area contributed by atoms with E-state index in [1.807, 2.05) is 59.4 Å². The highest BCUT2D eigenvalue weighted by molar-refractivity contribution is 5.90. The third kappa shape index (κ3) is 2.09. The maximum absolute atomic E-state index is 10.6. The fourth-order valence-electron chi connectivity index (χ4n) is 3.03. The molecule has 0 aliphatic carbocycles. The lowest BCUT2D eigenvalue weighted by atomic mass is 10.2. The summed E-state index contributed by atoms with van der Waals surface area (Å²) in [6.45, 7) is 0.295. The molecule has 0 saturated heterocycles. The van der Waals surface area contributed by atoms with E-state index in [2.05, 4.69) is 6.07 Å². The molecule has 0 amide bonds. The van der Waals surface area contributed by atoms with Crippen molar-refractivity contribution in [1.29, 1.82) is 5.26 Å². The fourth-order valence-corrected chi connectivity index (χ4v) is 3.03. The summed E-state index contributed by atoms with van der Waals surface area (Å²) in [5, 5.41) is 22.3. The van der Waals surface area contributed by atoms with E-state index in [1.54, 1.807) is 11.7 Å². The van der Waals surface area contributed by atoms with Gasteiger partial charge in [0.1, 0.15) is 12.3 Å². The molecule has 0 fully saturated rings. The highest BCUT2D eigenvalue weighted by Gasteiger charge is 2.12. The van der Waals surface area contributed by atoms with Crippen LogP contribution < -0.4 is 4.74 Å². The molecule has 0 saturated carbocycles. The Balaban J connectivity index is 1.90. The molecule has 0 atom stereocenters. The summed E-state index contributed by atoms with van der Waals surface area (Å²) in [4.78, 5) is 0. The van der Waals surface area contributed by atoms with E-state index in [0.717, 1.165) is 27.4 Å². The number of nitriles is 1. The third-order valence-corrected chi connectivity index (χ3v) is 4.27. The minimum atomic E-state index is 0.168. The molecule has 2 aromatic carbocycles. The van der Waals surface area contributed by atoms with Gasteiger partial charge in [0.25, 0.3) is 0 Å². The molecule has 0 spiro atoms. The second-order valence-corrected chi connectivity index (χ2v) is 5.62. The summed E-state index contributed by atoms with van der Waals surface area (Å²) in [5.74, 6) is 0.871. The summed E-state index contributed by atoms with van der Waals surface area (Å²) in [7, 11) is 1.60. The average Bonchev–Trinajstić information content (AvgIpc) is 3.16. The summed E-state index contributed by atoms with van der Waals surface area (Å²) >= 11 is 0. The molecule has 1 N–H and O–H groups in total. The standard InChI is InChI=1S/C19H15N3O2/c1-24-16-5-3-14-12-22(19(23)17(14)11-16)15-4-2-13-6-8-21(9-7-20)18(13)10-15/h2-6,8,10-12,23H,9H2,1H3. The lowest BCUT2D eigenvalue weighted by molar-refractivity contribution is 0.414. The number of hydrogen-bond donors (Lipinski definition) is 1. The summed E-state index contributed by atoms with van der Waals surface area (Å²) < 4.78 is 8.86. The molecule has 4 aromatic rings. The minimum Gasteiger partial charge on any atom is -0.497 e. The van der Waals surface area contributed by atoms with E-state index in [9.17, 15) is 5.11 Å². The molecule has 0 aliphatic heterocycles. The highest BCUT2D eigenvalue weighted by Crippen LogP contribution is 2.33. The molecule has 118 valence electrons. The van der Waals surface area contributed by atoms with Crippen molar-refractivity contribution in [3.8, 4) is 23.4 Å². The topological polar surface area (TPSA) is 63.1 Å². The van der Waals surface area contributed by atoms with E-state index < -0.39 is 0 Å². The molecule has 24 heavy (non-hydrogen) atoms. The van der Waals surface area contributed by atoms with Crippen LogP contribution in [0.5, 0.6) is 11.6 Å². The SMILES string of the molecule is COc1ccc2cn(-c3ccc4ccn(CC#N)c4c3)c(O)c2c1. The first-order valence-electron chi connectivity index (χ1n) is 7.55. The number of benzene rings is 2. The molecule has 0 bridgehead atoms. The Labute approximate surface area is 138 Å². The van der Waals surface area contributed by atoms with Crippen molar-refractivity contribution in [2.75, 3.05) is 7.11 Å². The number of nitrogens with zero attached hydrogens (tertiary/aromatic N) is 3. The smallest absolute Gasteiger partial charge is 0.203 e. The Kier molecular flexibility index (Phi) is 3.17. The van der Waals surface area contributed by atoms with Crippen molar-refractivity contribution < 1.29 is 9.84 Å². The number of aromatic nitrogens is 2. The van der Waals surface area contributed by atoms with Gasteiger partial charge in [0.2, 0.25) is 5.88 Å². The van der Waals surface area contributed by atoms with Crippen LogP contribution in [0, 0.1) is 11.3 Å². The van der Waals surface area contributed by atoms with Crippen molar-refractivity contribution >= 4 is 21.7 Å². The molecule has 5 heteroatoms. The van der Waals surface area contributed by atoms with Gasteiger partial charge >= 0.3 is 0 Å². The normalized spacial score (nSPS) is 11.0. The molecule has 0 aliphatic rings. The van der Waals surface area contributed by atoms with Crippen LogP contribution in [0.25, 0.3) is 27.4 Å². The maximum atomic E-state index is 10.6. The minimum absolute atomic E-state index is 0.168. The van der Waals surface area contributed by atoms with E-state index in [4.69, 9.17) is 10.00 Å². The van der Waals surface area contributed by atoms with Crippen LogP contribution in [0.2, 0.25) is 0 Å². The quantitative estimate of drug-likeness (QED) is 0.625. The van der Waals surface area contributed by atoms with Crippen LogP contribution in [-0.2, 0) is 6.54 Å². The Morgan fingerprint density at radius 2 is 1.96 bits per heavy atom. The fraction of sp³-hybridized carbons (Fsp3) is 0.105. The number of ether oxygens (including phenoxy) is 1. The van der Waals surface area contributed by atoms with Gasteiger partial charge in [-0.2, -0.15) is 5.26 Å². The zero-order valence-corrected chi connectivity index (χ0v) is 13.1. The van der Waals surface area contributed by atoms with Gasteiger partial charge in [-0.3, -0.25) is 4.57 Å². The van der Waals surface area contributed by atoms with Gasteiger partial charge in [-0.1, -0.05) is 6.07 Å². The van der Waals surface area contributed by atoms with Gasteiger partial charge in [0, 0.05) is 23.2 Å². The second kappa shape index (κ2) is 5.36. The summed E-state index contributed by atoms with van der Waals surface area (Å²) in [5.41, 5.74) is 1.80. The molecule has 4 rings (SSSR count).